The van der Waals surface area contributed by atoms with Gasteiger partial charge in [0.25, 0.3) is 0 Å². The zero-order chi connectivity index (χ0) is 22.0. The summed E-state index contributed by atoms with van der Waals surface area (Å²) in [6, 6.07) is 6.62. The van der Waals surface area contributed by atoms with E-state index in [4.69, 9.17) is 14.7 Å². The Morgan fingerprint density at radius 3 is 2.87 bits per heavy atom. The highest BCUT2D eigenvalue weighted by Gasteiger charge is 2.33. The second-order valence-corrected chi connectivity index (χ2v) is 8.14. The Morgan fingerprint density at radius 2 is 2.10 bits per heavy atom. The topological polar surface area (TPSA) is 75.6 Å². The summed E-state index contributed by atoms with van der Waals surface area (Å²) in [5.41, 5.74) is 2.21. The van der Waals surface area contributed by atoms with E-state index in [2.05, 4.69) is 0 Å². The van der Waals surface area contributed by atoms with Crippen LogP contribution in [0, 0.1) is 12.7 Å². The van der Waals surface area contributed by atoms with Gasteiger partial charge in [-0.1, -0.05) is 18.2 Å². The molecule has 0 aliphatic carbocycles. The largest absolute Gasteiger partial charge is 0.375 e. The van der Waals surface area contributed by atoms with Gasteiger partial charge in [0.1, 0.15) is 24.1 Å². The number of aromatic nitrogens is 2. The molecule has 7 nitrogen and oxygen atoms in total. The van der Waals surface area contributed by atoms with Gasteiger partial charge >= 0.3 is 0 Å². The number of methoxy groups -OCH3 is 1. The molecule has 1 atom stereocenters. The molecule has 0 saturated carbocycles. The van der Waals surface area contributed by atoms with Gasteiger partial charge in [0.2, 0.25) is 11.8 Å². The van der Waals surface area contributed by atoms with Crippen LogP contribution in [0.25, 0.3) is 0 Å². The molecule has 0 bridgehead atoms. The number of halogens is 1. The molecular weight excluding hydrogens is 399 g/mol. The molecule has 1 fully saturated rings. The number of fused-ring (bicyclic) bond motifs is 1. The highest BCUT2D eigenvalue weighted by atomic mass is 19.1. The van der Waals surface area contributed by atoms with Crippen LogP contribution in [-0.4, -0.2) is 60.0 Å². The molecule has 0 radical (unpaired) electrons. The molecule has 31 heavy (non-hydrogen) atoms. The van der Waals surface area contributed by atoms with Crippen molar-refractivity contribution in [1.82, 2.24) is 14.9 Å². The number of piperidine rings is 1. The van der Waals surface area contributed by atoms with Crippen molar-refractivity contribution in [3.8, 4) is 0 Å². The van der Waals surface area contributed by atoms with Crippen molar-refractivity contribution in [2.75, 3.05) is 38.3 Å². The van der Waals surface area contributed by atoms with Gasteiger partial charge in [0.15, 0.2) is 0 Å². The minimum Gasteiger partial charge on any atom is -0.375 e. The van der Waals surface area contributed by atoms with Crippen LogP contribution in [0.4, 0.5) is 10.2 Å². The molecule has 4 rings (SSSR count). The SMILES string of the molecule is COCC(=O)N1CCC[C@H](c2nc(C)c3c(n2)N(CCc2ccccc2F)C(=O)C3)C1. The maximum atomic E-state index is 14.0. The highest BCUT2D eigenvalue weighted by Crippen LogP contribution is 2.33. The van der Waals surface area contributed by atoms with Crippen LogP contribution in [0.15, 0.2) is 24.3 Å². The molecule has 0 spiro atoms. The Hall–Kier alpha value is -2.87. The van der Waals surface area contributed by atoms with Gasteiger partial charge < -0.3 is 9.64 Å². The van der Waals surface area contributed by atoms with Gasteiger partial charge in [-0.25, -0.2) is 14.4 Å². The number of ether oxygens (including phenoxy) is 1. The summed E-state index contributed by atoms with van der Waals surface area (Å²) in [6.07, 6.45) is 2.44. The number of anilines is 1. The van der Waals surface area contributed by atoms with E-state index in [-0.39, 0.29) is 36.6 Å². The molecule has 2 aliphatic rings. The average Bonchev–Trinajstić information content (AvgIpc) is 3.09. The van der Waals surface area contributed by atoms with Crippen molar-refractivity contribution in [2.45, 2.75) is 38.5 Å². The Balaban J connectivity index is 1.55. The predicted molar refractivity (Wildman–Crippen MR) is 113 cm³/mol. The van der Waals surface area contributed by atoms with Crippen molar-refractivity contribution in [2.24, 2.45) is 0 Å². The molecule has 8 heteroatoms. The molecule has 1 aromatic carbocycles. The van der Waals surface area contributed by atoms with Gasteiger partial charge in [-0.15, -0.1) is 0 Å². The summed E-state index contributed by atoms with van der Waals surface area (Å²) in [6.45, 7) is 3.58. The highest BCUT2D eigenvalue weighted by molar-refractivity contribution is 6.00. The summed E-state index contributed by atoms with van der Waals surface area (Å²) < 4.78 is 19.0. The molecule has 0 N–H and O–H groups in total. The lowest BCUT2D eigenvalue weighted by molar-refractivity contribution is -0.136. The van der Waals surface area contributed by atoms with Crippen LogP contribution in [0.1, 0.15) is 41.4 Å². The molecule has 2 aliphatic heterocycles. The number of carbonyl (C=O) groups excluding carboxylic acids is 2. The standard InChI is InChI=1S/C23H27FN4O3/c1-15-18-12-20(29)28(11-9-16-6-3-4-8-19(16)24)23(18)26-22(25-15)17-7-5-10-27(13-17)21(30)14-31-2/h3-4,6,8,17H,5,7,9-14H2,1-2H3/t17-/m0/s1. The predicted octanol–water partition coefficient (Wildman–Crippen LogP) is 2.41. The number of aryl methyl sites for hydroxylation is 1. The van der Waals surface area contributed by atoms with E-state index in [1.165, 1.54) is 13.2 Å². The minimum atomic E-state index is -0.267. The molecule has 3 heterocycles. The lowest BCUT2D eigenvalue weighted by Gasteiger charge is -2.32. The van der Waals surface area contributed by atoms with Crippen LogP contribution in [-0.2, 0) is 27.2 Å². The Morgan fingerprint density at radius 1 is 1.29 bits per heavy atom. The lowest BCUT2D eigenvalue weighted by atomic mass is 9.96. The van der Waals surface area contributed by atoms with Gasteiger partial charge in [-0.2, -0.15) is 0 Å². The fourth-order valence-electron chi connectivity index (χ4n) is 4.37. The normalized spacial score (nSPS) is 18.4. The Labute approximate surface area is 181 Å². The molecule has 1 aromatic heterocycles. The van der Waals surface area contributed by atoms with Crippen molar-refractivity contribution >= 4 is 17.6 Å². The van der Waals surface area contributed by atoms with Crippen LogP contribution in [0.2, 0.25) is 0 Å². The first-order valence-electron chi connectivity index (χ1n) is 10.7. The van der Waals surface area contributed by atoms with Gasteiger partial charge in [0.05, 0.1) is 6.42 Å². The van der Waals surface area contributed by atoms with Gasteiger partial charge in [-0.3, -0.25) is 14.5 Å². The number of benzene rings is 1. The molecule has 164 valence electrons. The monoisotopic (exact) mass is 426 g/mol. The van der Waals surface area contributed by atoms with E-state index in [1.54, 1.807) is 28.0 Å². The third-order valence-corrected chi connectivity index (χ3v) is 6.06. The van der Waals surface area contributed by atoms with E-state index < -0.39 is 0 Å². The van der Waals surface area contributed by atoms with Crippen LogP contribution >= 0.6 is 0 Å². The van der Waals surface area contributed by atoms with Crippen molar-refractivity contribution < 1.29 is 18.7 Å². The lowest BCUT2D eigenvalue weighted by Crippen LogP contribution is -2.41. The van der Waals surface area contributed by atoms with Gasteiger partial charge in [0, 0.05) is 43.9 Å². The van der Waals surface area contributed by atoms with Crippen LogP contribution in [0.3, 0.4) is 0 Å². The first kappa shape index (κ1) is 21.4. The van der Waals surface area contributed by atoms with E-state index in [1.807, 2.05) is 6.92 Å². The number of hydrogen-bond acceptors (Lipinski definition) is 5. The number of hydrogen-bond donors (Lipinski definition) is 0. The molecule has 2 aromatic rings. The summed E-state index contributed by atoms with van der Waals surface area (Å²) in [4.78, 5) is 37.8. The minimum absolute atomic E-state index is 0.0164. The Bertz CT molecular complexity index is 997. The maximum absolute atomic E-state index is 14.0. The average molecular weight is 426 g/mol. The maximum Gasteiger partial charge on any atom is 0.248 e. The van der Waals surface area contributed by atoms with Crippen molar-refractivity contribution in [3.63, 3.8) is 0 Å². The van der Waals surface area contributed by atoms with E-state index in [0.717, 1.165) is 24.1 Å². The van der Waals surface area contributed by atoms with Crippen molar-refractivity contribution in [3.05, 3.63) is 52.7 Å². The van der Waals surface area contributed by atoms with Gasteiger partial charge in [-0.05, 0) is 37.8 Å². The summed E-state index contributed by atoms with van der Waals surface area (Å²) in [5, 5.41) is 0. The first-order chi connectivity index (χ1) is 15.0. The van der Waals surface area contributed by atoms with E-state index in [9.17, 15) is 14.0 Å². The summed E-state index contributed by atoms with van der Waals surface area (Å²) in [7, 11) is 1.51. The van der Waals surface area contributed by atoms with E-state index in [0.29, 0.717) is 43.3 Å². The fourth-order valence-corrected chi connectivity index (χ4v) is 4.37. The van der Waals surface area contributed by atoms with E-state index >= 15 is 0 Å². The molecular formula is C23H27FN4O3. The zero-order valence-corrected chi connectivity index (χ0v) is 17.9. The summed E-state index contributed by atoms with van der Waals surface area (Å²) >= 11 is 0. The number of carbonyl (C=O) groups is 2. The molecule has 1 saturated heterocycles. The second-order valence-electron chi connectivity index (χ2n) is 8.14. The number of likely N-dealkylation sites (tertiary alicyclic amines) is 1. The smallest absolute Gasteiger partial charge is 0.248 e. The second kappa shape index (κ2) is 9.09. The molecule has 2 amide bonds. The molecule has 0 unspecified atom stereocenters. The summed E-state index contributed by atoms with van der Waals surface area (Å²) in [5.74, 6) is 0.966. The quantitative estimate of drug-likeness (QED) is 0.709. The number of rotatable bonds is 6. The van der Waals surface area contributed by atoms with Crippen LogP contribution in [0.5, 0.6) is 0 Å². The third-order valence-electron chi connectivity index (χ3n) is 6.06. The Kier molecular flexibility index (Phi) is 6.27. The zero-order valence-electron chi connectivity index (χ0n) is 17.9. The number of nitrogens with zero attached hydrogens (tertiary/aromatic N) is 4. The number of amides is 2. The van der Waals surface area contributed by atoms with Crippen LogP contribution < -0.4 is 4.90 Å². The third kappa shape index (κ3) is 4.44. The first-order valence-corrected chi connectivity index (χ1v) is 10.7. The van der Waals surface area contributed by atoms with Crippen molar-refractivity contribution in [1.29, 1.82) is 0 Å². The fraction of sp³-hybridized carbons (Fsp3) is 0.478.